The Balaban J connectivity index is 1.62. The number of rotatable bonds is 5. The third kappa shape index (κ3) is 3.88. The maximum absolute atomic E-state index is 12.6. The minimum absolute atomic E-state index is 0.0440. The zero-order valence-corrected chi connectivity index (χ0v) is 14.6. The van der Waals surface area contributed by atoms with Gasteiger partial charge in [-0.3, -0.25) is 9.69 Å². The summed E-state index contributed by atoms with van der Waals surface area (Å²) < 4.78 is 9.59. The predicted octanol–water partition coefficient (Wildman–Crippen LogP) is 0.235. The van der Waals surface area contributed by atoms with Crippen molar-refractivity contribution in [3.63, 3.8) is 0 Å². The van der Waals surface area contributed by atoms with E-state index in [0.717, 1.165) is 44.7 Å². The highest BCUT2D eigenvalue weighted by molar-refractivity contribution is 7.08. The molecule has 1 amide bonds. The lowest BCUT2D eigenvalue weighted by molar-refractivity contribution is 0.0830. The quantitative estimate of drug-likeness (QED) is 0.828. The first kappa shape index (κ1) is 16.8. The highest BCUT2D eigenvalue weighted by atomic mass is 32.1. The standard InChI is InChI=1S/C15H25N5O2S/c1-3-4-11-14(23-18-17-11)15(21)16-12-9-22-10-13(12)20-7-5-19(2)6-8-20/h12-13H,3-10H2,1-2H3,(H,16,21)/t12-,13-/m0/s1. The molecule has 0 unspecified atom stereocenters. The molecule has 2 saturated heterocycles. The molecule has 0 spiro atoms. The van der Waals surface area contributed by atoms with Gasteiger partial charge < -0.3 is 15.0 Å². The van der Waals surface area contributed by atoms with E-state index in [4.69, 9.17) is 4.74 Å². The third-order valence-corrected chi connectivity index (χ3v) is 5.39. The second-order valence-electron chi connectivity index (χ2n) is 6.32. The molecule has 3 heterocycles. The molecule has 2 aliphatic rings. The first-order valence-electron chi connectivity index (χ1n) is 8.31. The summed E-state index contributed by atoms with van der Waals surface area (Å²) in [6.07, 6.45) is 1.75. The van der Waals surface area contributed by atoms with Crippen molar-refractivity contribution in [3.05, 3.63) is 10.6 Å². The van der Waals surface area contributed by atoms with E-state index >= 15 is 0 Å². The SMILES string of the molecule is CCCc1nnsc1C(=O)N[C@H]1COC[C@@H]1N1CCN(C)CC1. The van der Waals surface area contributed by atoms with Crippen molar-refractivity contribution in [2.75, 3.05) is 46.4 Å². The molecule has 0 aliphatic carbocycles. The lowest BCUT2D eigenvalue weighted by Gasteiger charge is -2.38. The van der Waals surface area contributed by atoms with Crippen LogP contribution in [-0.2, 0) is 11.2 Å². The van der Waals surface area contributed by atoms with Gasteiger partial charge in [0.2, 0.25) is 0 Å². The molecule has 2 atom stereocenters. The molecule has 0 radical (unpaired) electrons. The van der Waals surface area contributed by atoms with Crippen LogP contribution in [0.4, 0.5) is 0 Å². The van der Waals surface area contributed by atoms with Crippen LogP contribution in [-0.4, -0.2) is 83.8 Å². The molecule has 23 heavy (non-hydrogen) atoms. The highest BCUT2D eigenvalue weighted by Gasteiger charge is 2.35. The van der Waals surface area contributed by atoms with Gasteiger partial charge in [0.05, 0.1) is 31.0 Å². The Morgan fingerprint density at radius 3 is 2.87 bits per heavy atom. The van der Waals surface area contributed by atoms with Crippen molar-refractivity contribution in [1.82, 2.24) is 24.7 Å². The van der Waals surface area contributed by atoms with Crippen LogP contribution >= 0.6 is 11.5 Å². The van der Waals surface area contributed by atoms with Crippen LogP contribution < -0.4 is 5.32 Å². The molecule has 1 aromatic rings. The van der Waals surface area contributed by atoms with Gasteiger partial charge in [-0.25, -0.2) is 0 Å². The highest BCUT2D eigenvalue weighted by Crippen LogP contribution is 2.18. The summed E-state index contributed by atoms with van der Waals surface area (Å²) in [5.41, 5.74) is 0.810. The number of likely N-dealkylation sites (N-methyl/N-ethyl adjacent to an activating group) is 1. The number of piperazine rings is 1. The van der Waals surface area contributed by atoms with Crippen molar-refractivity contribution in [2.45, 2.75) is 31.8 Å². The number of hydrogen-bond donors (Lipinski definition) is 1. The summed E-state index contributed by atoms with van der Waals surface area (Å²) in [6, 6.07) is 0.311. The minimum atomic E-state index is -0.0573. The number of nitrogens with one attached hydrogen (secondary N) is 1. The van der Waals surface area contributed by atoms with E-state index in [1.165, 1.54) is 11.5 Å². The van der Waals surface area contributed by atoms with Gasteiger partial charge in [-0.15, -0.1) is 5.10 Å². The lowest BCUT2D eigenvalue weighted by Crippen LogP contribution is -2.56. The van der Waals surface area contributed by atoms with E-state index in [-0.39, 0.29) is 18.0 Å². The van der Waals surface area contributed by atoms with Gasteiger partial charge in [-0.1, -0.05) is 17.8 Å². The van der Waals surface area contributed by atoms with Crippen molar-refractivity contribution >= 4 is 17.4 Å². The monoisotopic (exact) mass is 339 g/mol. The fraction of sp³-hybridized carbons (Fsp3) is 0.800. The van der Waals surface area contributed by atoms with Gasteiger partial charge in [-0.2, -0.15) is 0 Å². The number of carbonyl (C=O) groups is 1. The number of amides is 1. The number of ether oxygens (including phenoxy) is 1. The van der Waals surface area contributed by atoms with Crippen LogP contribution in [0.25, 0.3) is 0 Å². The van der Waals surface area contributed by atoms with Gasteiger partial charge in [0.1, 0.15) is 4.88 Å². The largest absolute Gasteiger partial charge is 0.378 e. The van der Waals surface area contributed by atoms with Crippen molar-refractivity contribution < 1.29 is 9.53 Å². The molecule has 3 rings (SSSR count). The van der Waals surface area contributed by atoms with Crippen LogP contribution in [0.2, 0.25) is 0 Å². The Morgan fingerprint density at radius 1 is 1.35 bits per heavy atom. The van der Waals surface area contributed by atoms with Crippen molar-refractivity contribution in [1.29, 1.82) is 0 Å². The zero-order chi connectivity index (χ0) is 16.2. The Hall–Kier alpha value is -1.09. The van der Waals surface area contributed by atoms with E-state index in [0.29, 0.717) is 18.1 Å². The van der Waals surface area contributed by atoms with Gasteiger partial charge in [0.25, 0.3) is 5.91 Å². The molecular weight excluding hydrogens is 314 g/mol. The molecule has 1 aromatic heterocycles. The van der Waals surface area contributed by atoms with Crippen LogP contribution in [0.15, 0.2) is 0 Å². The average molecular weight is 339 g/mol. The molecule has 1 N–H and O–H groups in total. The fourth-order valence-corrected chi connectivity index (χ4v) is 3.82. The minimum Gasteiger partial charge on any atom is -0.378 e. The second kappa shape index (κ2) is 7.65. The maximum Gasteiger partial charge on any atom is 0.265 e. The lowest BCUT2D eigenvalue weighted by atomic mass is 10.1. The Kier molecular flexibility index (Phi) is 5.58. The number of hydrogen-bond acceptors (Lipinski definition) is 7. The zero-order valence-electron chi connectivity index (χ0n) is 13.8. The average Bonchev–Trinajstić information content (AvgIpc) is 3.18. The molecule has 0 bridgehead atoms. The van der Waals surface area contributed by atoms with Crippen molar-refractivity contribution in [3.8, 4) is 0 Å². The van der Waals surface area contributed by atoms with E-state index in [9.17, 15) is 4.79 Å². The van der Waals surface area contributed by atoms with Gasteiger partial charge in [-0.05, 0) is 25.0 Å². The molecule has 7 nitrogen and oxygen atoms in total. The predicted molar refractivity (Wildman–Crippen MR) is 88.8 cm³/mol. The normalized spacial score (nSPS) is 26.5. The molecular formula is C15H25N5O2S. The van der Waals surface area contributed by atoms with Gasteiger partial charge >= 0.3 is 0 Å². The Labute approximate surface area is 141 Å². The summed E-state index contributed by atoms with van der Waals surface area (Å²) in [4.78, 5) is 18.0. The summed E-state index contributed by atoms with van der Waals surface area (Å²) in [7, 11) is 2.15. The molecule has 8 heteroatoms. The first-order chi connectivity index (χ1) is 11.2. The smallest absolute Gasteiger partial charge is 0.265 e. The van der Waals surface area contributed by atoms with E-state index in [1.54, 1.807) is 0 Å². The van der Waals surface area contributed by atoms with Crippen LogP contribution in [0.3, 0.4) is 0 Å². The molecule has 2 fully saturated rings. The summed E-state index contributed by atoms with van der Waals surface area (Å²) in [5, 5.41) is 7.23. The molecule has 0 saturated carbocycles. The van der Waals surface area contributed by atoms with E-state index in [2.05, 4.69) is 38.7 Å². The Bertz CT molecular complexity index is 530. The topological polar surface area (TPSA) is 70.6 Å². The first-order valence-corrected chi connectivity index (χ1v) is 9.08. The van der Waals surface area contributed by atoms with Crippen molar-refractivity contribution in [2.24, 2.45) is 0 Å². The van der Waals surface area contributed by atoms with Crippen LogP contribution in [0.1, 0.15) is 28.7 Å². The third-order valence-electron chi connectivity index (χ3n) is 4.62. The Morgan fingerprint density at radius 2 is 2.13 bits per heavy atom. The maximum atomic E-state index is 12.6. The summed E-state index contributed by atoms with van der Waals surface area (Å²) in [5.74, 6) is -0.0573. The fourth-order valence-electron chi connectivity index (χ4n) is 3.21. The summed E-state index contributed by atoms with van der Waals surface area (Å²) >= 11 is 1.18. The molecule has 0 aromatic carbocycles. The molecule has 128 valence electrons. The summed E-state index contributed by atoms with van der Waals surface area (Å²) in [6.45, 7) is 7.54. The van der Waals surface area contributed by atoms with E-state index in [1.807, 2.05) is 0 Å². The van der Waals surface area contributed by atoms with Crippen LogP contribution in [0.5, 0.6) is 0 Å². The number of aromatic nitrogens is 2. The molecule has 2 aliphatic heterocycles. The van der Waals surface area contributed by atoms with Gasteiger partial charge in [0, 0.05) is 26.2 Å². The second-order valence-corrected chi connectivity index (χ2v) is 7.08. The van der Waals surface area contributed by atoms with E-state index < -0.39 is 0 Å². The number of aryl methyl sites for hydroxylation is 1. The van der Waals surface area contributed by atoms with Gasteiger partial charge in [0.15, 0.2) is 0 Å². The number of nitrogens with zero attached hydrogens (tertiary/aromatic N) is 4. The van der Waals surface area contributed by atoms with Crippen LogP contribution in [0, 0.1) is 0 Å². The number of carbonyl (C=O) groups excluding carboxylic acids is 1.